The number of carbonyl (C=O) groups is 2. The first-order chi connectivity index (χ1) is 11.5. The molecule has 8 heteroatoms. The van der Waals surface area contributed by atoms with Gasteiger partial charge in [-0.3, -0.25) is 14.5 Å². The molecule has 0 aliphatic carbocycles. The molecule has 2 rings (SSSR count). The van der Waals surface area contributed by atoms with Crippen LogP contribution in [0.15, 0.2) is 18.2 Å². The van der Waals surface area contributed by atoms with E-state index >= 15 is 0 Å². The highest BCUT2D eigenvalue weighted by atomic mass is 19.1. The minimum absolute atomic E-state index is 0.0576. The highest BCUT2D eigenvalue weighted by Gasteiger charge is 2.26. The van der Waals surface area contributed by atoms with Crippen molar-refractivity contribution in [2.24, 2.45) is 11.7 Å². The molecule has 0 radical (unpaired) electrons. The van der Waals surface area contributed by atoms with Gasteiger partial charge in [0.25, 0.3) is 0 Å². The lowest BCUT2D eigenvalue weighted by molar-refractivity contribution is -0.127. The molecule has 1 aromatic rings. The molecular weight excluding hydrogens is 318 g/mol. The van der Waals surface area contributed by atoms with Crippen molar-refractivity contribution in [1.29, 1.82) is 0 Å². The fourth-order valence-electron chi connectivity index (χ4n) is 2.78. The Hall–Kier alpha value is -2.06. The molecule has 0 aromatic heterocycles. The lowest BCUT2D eigenvalue weighted by atomic mass is 9.97. The van der Waals surface area contributed by atoms with Crippen LogP contribution >= 0.6 is 0 Å². The van der Waals surface area contributed by atoms with Crippen LogP contribution in [-0.2, 0) is 9.59 Å². The monoisotopic (exact) mass is 340 g/mol. The fraction of sp³-hybridized carbons (Fsp3) is 0.500. The number of halogens is 2. The van der Waals surface area contributed by atoms with Crippen LogP contribution in [-0.4, -0.2) is 49.4 Å². The summed E-state index contributed by atoms with van der Waals surface area (Å²) in [5.41, 5.74) is 5.44. The van der Waals surface area contributed by atoms with Gasteiger partial charge in [-0.1, -0.05) is 0 Å². The third kappa shape index (κ3) is 5.54. The van der Waals surface area contributed by atoms with Crippen molar-refractivity contribution >= 4 is 17.5 Å². The lowest BCUT2D eigenvalue weighted by Crippen LogP contribution is -2.46. The molecule has 0 saturated carbocycles. The summed E-state index contributed by atoms with van der Waals surface area (Å²) in [5.74, 6) is -2.11. The molecule has 1 aliphatic heterocycles. The van der Waals surface area contributed by atoms with Gasteiger partial charge in [-0.05, 0) is 31.5 Å². The van der Waals surface area contributed by atoms with Gasteiger partial charge in [-0.2, -0.15) is 0 Å². The Bertz CT molecular complexity index is 577. The van der Waals surface area contributed by atoms with Crippen molar-refractivity contribution in [3.05, 3.63) is 29.8 Å². The summed E-state index contributed by atoms with van der Waals surface area (Å²) >= 11 is 0. The molecule has 4 N–H and O–H groups in total. The van der Waals surface area contributed by atoms with Crippen LogP contribution in [0, 0.1) is 17.6 Å². The number of hydrogen-bond acceptors (Lipinski definition) is 4. The third-order valence-corrected chi connectivity index (χ3v) is 3.83. The summed E-state index contributed by atoms with van der Waals surface area (Å²) in [7, 11) is 0. The highest BCUT2D eigenvalue weighted by molar-refractivity contribution is 5.92. The van der Waals surface area contributed by atoms with Crippen molar-refractivity contribution in [1.82, 2.24) is 10.2 Å². The quantitative estimate of drug-likeness (QED) is 0.711. The zero-order chi connectivity index (χ0) is 17.5. The lowest BCUT2D eigenvalue weighted by Gasteiger charge is -2.31. The van der Waals surface area contributed by atoms with E-state index in [1.807, 2.05) is 4.90 Å². The van der Waals surface area contributed by atoms with Gasteiger partial charge in [0.1, 0.15) is 11.6 Å². The molecule has 1 atom stereocenters. The van der Waals surface area contributed by atoms with Crippen LogP contribution in [0.3, 0.4) is 0 Å². The van der Waals surface area contributed by atoms with Gasteiger partial charge < -0.3 is 16.4 Å². The van der Waals surface area contributed by atoms with E-state index in [2.05, 4.69) is 10.6 Å². The van der Waals surface area contributed by atoms with E-state index in [-0.39, 0.29) is 30.0 Å². The molecule has 0 spiro atoms. The molecule has 132 valence electrons. The summed E-state index contributed by atoms with van der Waals surface area (Å²) < 4.78 is 26.2. The van der Waals surface area contributed by atoms with Crippen LogP contribution in [0.25, 0.3) is 0 Å². The van der Waals surface area contributed by atoms with Crippen LogP contribution in [0.1, 0.15) is 12.8 Å². The van der Waals surface area contributed by atoms with Gasteiger partial charge in [0.05, 0.1) is 12.5 Å². The van der Waals surface area contributed by atoms with Gasteiger partial charge >= 0.3 is 0 Å². The maximum atomic E-state index is 13.1. The molecule has 1 unspecified atom stereocenters. The van der Waals surface area contributed by atoms with Crippen molar-refractivity contribution in [3.8, 4) is 0 Å². The predicted molar refractivity (Wildman–Crippen MR) is 86.2 cm³/mol. The molecule has 6 nitrogen and oxygen atoms in total. The summed E-state index contributed by atoms with van der Waals surface area (Å²) in [6, 6.07) is 2.85. The Morgan fingerprint density at radius 3 is 2.62 bits per heavy atom. The minimum Gasteiger partial charge on any atom is -0.355 e. The largest absolute Gasteiger partial charge is 0.355 e. The maximum absolute atomic E-state index is 13.1. The molecule has 1 fully saturated rings. The maximum Gasteiger partial charge on any atom is 0.238 e. The Kier molecular flexibility index (Phi) is 6.62. The van der Waals surface area contributed by atoms with E-state index in [1.165, 1.54) is 0 Å². The van der Waals surface area contributed by atoms with E-state index in [1.54, 1.807) is 0 Å². The average molecular weight is 340 g/mol. The molecule has 2 amide bonds. The number of rotatable bonds is 6. The van der Waals surface area contributed by atoms with Crippen LogP contribution < -0.4 is 16.4 Å². The van der Waals surface area contributed by atoms with Gasteiger partial charge in [-0.15, -0.1) is 0 Å². The Balaban J connectivity index is 1.85. The number of amides is 2. The summed E-state index contributed by atoms with van der Waals surface area (Å²) in [6.07, 6.45) is 1.58. The molecular formula is C16H22F2N4O2. The van der Waals surface area contributed by atoms with Crippen molar-refractivity contribution in [2.75, 3.05) is 38.0 Å². The van der Waals surface area contributed by atoms with E-state index in [9.17, 15) is 18.4 Å². The predicted octanol–water partition coefficient (Wildman–Crippen LogP) is 0.690. The second kappa shape index (κ2) is 8.70. The van der Waals surface area contributed by atoms with Gasteiger partial charge in [0, 0.05) is 31.4 Å². The molecule has 1 aliphatic rings. The van der Waals surface area contributed by atoms with Gasteiger partial charge in [-0.25, -0.2) is 8.78 Å². The number of nitrogens with one attached hydrogen (secondary N) is 2. The number of likely N-dealkylation sites (tertiary alicyclic amines) is 1. The number of carbonyl (C=O) groups excluding carboxylic acids is 2. The normalized spacial score (nSPS) is 18.2. The first-order valence-electron chi connectivity index (χ1n) is 7.94. The van der Waals surface area contributed by atoms with Gasteiger partial charge in [0.2, 0.25) is 11.8 Å². The number of piperidine rings is 1. The van der Waals surface area contributed by atoms with E-state index in [0.717, 1.165) is 31.0 Å². The highest BCUT2D eigenvalue weighted by Crippen LogP contribution is 2.17. The van der Waals surface area contributed by atoms with Crippen molar-refractivity contribution in [3.63, 3.8) is 0 Å². The average Bonchev–Trinajstić information content (AvgIpc) is 2.51. The fourth-order valence-corrected chi connectivity index (χ4v) is 2.78. The smallest absolute Gasteiger partial charge is 0.238 e. The standard InChI is InChI=1S/C16H22F2N4O2/c17-12-6-13(18)8-14(7-12)21-15(23)10-22-5-1-2-11(9-22)16(24)20-4-3-19/h6-8,11H,1-5,9-10,19H2,(H,20,24)(H,21,23). The zero-order valence-electron chi connectivity index (χ0n) is 13.4. The second-order valence-electron chi connectivity index (χ2n) is 5.86. The number of benzene rings is 1. The SMILES string of the molecule is NCCNC(=O)C1CCCN(CC(=O)Nc2cc(F)cc(F)c2)C1. The Labute approximate surface area is 139 Å². The zero-order valence-corrected chi connectivity index (χ0v) is 13.4. The molecule has 1 aromatic carbocycles. The van der Waals surface area contributed by atoms with E-state index in [0.29, 0.717) is 26.2 Å². The number of hydrogen-bond donors (Lipinski definition) is 3. The number of nitrogens with two attached hydrogens (primary N) is 1. The van der Waals surface area contributed by atoms with Gasteiger partial charge in [0.15, 0.2) is 0 Å². The van der Waals surface area contributed by atoms with Crippen LogP contribution in [0.2, 0.25) is 0 Å². The first-order valence-corrected chi connectivity index (χ1v) is 7.94. The summed E-state index contributed by atoms with van der Waals surface area (Å²) in [5, 5.41) is 5.23. The molecule has 1 heterocycles. The van der Waals surface area contributed by atoms with Crippen LogP contribution in [0.5, 0.6) is 0 Å². The van der Waals surface area contributed by atoms with Crippen molar-refractivity contribution in [2.45, 2.75) is 12.8 Å². The minimum atomic E-state index is -0.750. The number of anilines is 1. The molecule has 1 saturated heterocycles. The first kappa shape index (κ1) is 18.3. The second-order valence-corrected chi connectivity index (χ2v) is 5.86. The summed E-state index contributed by atoms with van der Waals surface area (Å²) in [4.78, 5) is 25.9. The van der Waals surface area contributed by atoms with Crippen molar-refractivity contribution < 1.29 is 18.4 Å². The Morgan fingerprint density at radius 2 is 1.96 bits per heavy atom. The van der Waals surface area contributed by atoms with Crippen LogP contribution in [0.4, 0.5) is 14.5 Å². The molecule has 0 bridgehead atoms. The Morgan fingerprint density at radius 1 is 1.25 bits per heavy atom. The summed E-state index contributed by atoms with van der Waals surface area (Å²) in [6.45, 7) is 2.06. The third-order valence-electron chi connectivity index (χ3n) is 3.83. The number of nitrogens with zero attached hydrogens (tertiary/aromatic N) is 1. The van der Waals surface area contributed by atoms with E-state index in [4.69, 9.17) is 5.73 Å². The topological polar surface area (TPSA) is 87.5 Å². The molecule has 24 heavy (non-hydrogen) atoms. The van der Waals surface area contributed by atoms with E-state index < -0.39 is 11.6 Å².